The summed E-state index contributed by atoms with van der Waals surface area (Å²) in [6, 6.07) is 184. The second-order valence-corrected chi connectivity index (χ2v) is 38.4. The average molecular weight is 1900 g/mol. The Morgan fingerprint density at radius 2 is 0.436 bits per heavy atom. The lowest BCUT2D eigenvalue weighted by Gasteiger charge is -2.45. The predicted octanol–water partition coefficient (Wildman–Crippen LogP) is 32.7. The van der Waals surface area contributed by atoms with E-state index in [1.165, 1.54) is 132 Å². The average Bonchev–Trinajstić information content (AvgIpc) is 1.52. The normalized spacial score (nSPS) is 12.9. The molecule has 4 aliphatic rings. The van der Waals surface area contributed by atoms with Crippen LogP contribution in [-0.2, 0) is 10.8 Å². The van der Waals surface area contributed by atoms with Gasteiger partial charge in [0.25, 0.3) is 0 Å². The molecule has 0 saturated carbocycles. The Balaban J connectivity index is 0.000000141. The molecule has 0 bridgehead atoms. The highest BCUT2D eigenvalue weighted by molar-refractivity contribution is 6.13. The van der Waals surface area contributed by atoms with Gasteiger partial charge in [-0.3, -0.25) is 0 Å². The van der Waals surface area contributed by atoms with E-state index in [-0.39, 0.29) is 0 Å². The fraction of sp³-hybridized carbons (Fsp3) is 0.0147. The van der Waals surface area contributed by atoms with Gasteiger partial charge in [0.05, 0.1) is 89.9 Å². The van der Waals surface area contributed by atoms with E-state index in [1.54, 1.807) is 0 Å². The smallest absolute Gasteiger partial charge is 0.165 e. The summed E-state index contributed by atoms with van der Waals surface area (Å²) in [4.78, 5) is 34.5. The fourth-order valence-electron chi connectivity index (χ4n) is 24.4. The quantitative estimate of drug-likeness (QED) is 0.116. The molecule has 0 radical (unpaired) electrons. The Kier molecular flexibility index (Phi) is 19.6. The number of nitrogens with zero attached hydrogens (tertiary/aromatic N) is 13. The maximum absolute atomic E-state index is 11.1. The molecular weight excluding hydrogens is 1820 g/mol. The third-order valence-electron chi connectivity index (χ3n) is 30.7. The molecule has 2 aliphatic heterocycles. The highest BCUT2D eigenvalue weighted by atomic mass is 15.2. The van der Waals surface area contributed by atoms with Crippen LogP contribution in [0.5, 0.6) is 0 Å². The molecule has 0 amide bonds. The Labute approximate surface area is 858 Å². The van der Waals surface area contributed by atoms with Crippen molar-refractivity contribution in [2.75, 3.05) is 9.80 Å². The van der Waals surface area contributed by atoms with Crippen molar-refractivity contribution in [2.24, 2.45) is 0 Å². The number of aromatic nitrogens is 9. The highest BCUT2D eigenvalue weighted by Gasteiger charge is 2.54. The maximum atomic E-state index is 11.1. The summed E-state index contributed by atoms with van der Waals surface area (Å²) in [5.41, 5.74) is 37.3. The molecule has 0 unspecified atom stereocenters. The van der Waals surface area contributed by atoms with E-state index in [9.17, 15) is 10.5 Å². The van der Waals surface area contributed by atoms with Gasteiger partial charge in [0, 0.05) is 94.1 Å². The molecule has 7 heterocycles. The first kappa shape index (κ1) is 85.4. The highest BCUT2D eigenvalue weighted by Crippen LogP contribution is 2.67. The van der Waals surface area contributed by atoms with Gasteiger partial charge in [-0.05, 0) is 223 Å². The van der Waals surface area contributed by atoms with Gasteiger partial charge in [0.2, 0.25) is 0 Å². The molecular formula is C136H83N13. The molecule has 0 N–H and O–H groups in total. The minimum atomic E-state index is -0.725. The zero-order valence-corrected chi connectivity index (χ0v) is 80.2. The molecule has 149 heavy (non-hydrogen) atoms. The number of para-hydroxylation sites is 10. The number of anilines is 6. The van der Waals surface area contributed by atoms with Gasteiger partial charge in [-0.15, -0.1) is 0 Å². The molecule has 0 atom stereocenters. The second kappa shape index (κ2) is 34.2. The summed E-state index contributed by atoms with van der Waals surface area (Å²) in [5.74, 6) is 3.05. The first-order valence-electron chi connectivity index (χ1n) is 50.2. The van der Waals surface area contributed by atoms with E-state index in [4.69, 9.17) is 29.9 Å². The fourth-order valence-corrected chi connectivity index (χ4v) is 24.4. The molecule has 0 saturated heterocycles. The lowest BCUT2D eigenvalue weighted by molar-refractivity contribution is 0.752. The van der Waals surface area contributed by atoms with E-state index in [0.717, 1.165) is 84.6 Å². The van der Waals surface area contributed by atoms with Crippen LogP contribution < -0.4 is 9.80 Å². The van der Waals surface area contributed by atoms with Gasteiger partial charge in [-0.1, -0.05) is 358 Å². The van der Waals surface area contributed by atoms with Crippen LogP contribution in [0, 0.1) is 22.7 Å². The zero-order valence-electron chi connectivity index (χ0n) is 80.2. The lowest BCUT2D eigenvalue weighted by Crippen LogP contribution is -2.36. The predicted molar refractivity (Wildman–Crippen MR) is 601 cm³/mol. The minimum absolute atomic E-state index is 0.434. The van der Waals surface area contributed by atoms with Crippen molar-refractivity contribution in [3.63, 3.8) is 0 Å². The number of rotatable bonds is 12. The van der Waals surface area contributed by atoms with Gasteiger partial charge >= 0.3 is 0 Å². The number of nitriles is 2. The third-order valence-corrected chi connectivity index (χ3v) is 30.7. The molecule has 692 valence electrons. The molecule has 0 fully saturated rings. The molecule has 5 aromatic heterocycles. The Morgan fingerprint density at radius 3 is 0.812 bits per heavy atom. The van der Waals surface area contributed by atoms with Crippen molar-refractivity contribution in [2.45, 2.75) is 10.8 Å². The molecule has 13 heteroatoms. The van der Waals surface area contributed by atoms with Crippen LogP contribution in [0.1, 0.15) is 55.6 Å². The summed E-state index contributed by atoms with van der Waals surface area (Å²) in [6.07, 6.45) is 0. The topological polar surface area (TPSA) is 146 Å². The first-order chi connectivity index (χ1) is 73.8. The van der Waals surface area contributed by atoms with Crippen LogP contribution in [0.25, 0.3) is 184 Å². The third kappa shape index (κ3) is 13.1. The summed E-state index contributed by atoms with van der Waals surface area (Å²) < 4.78 is 7.22. The number of hydrogen-bond donors (Lipinski definition) is 0. The number of hydrogen-bond acceptors (Lipinski definition) is 10. The minimum Gasteiger partial charge on any atom is -0.310 e. The van der Waals surface area contributed by atoms with Gasteiger partial charge in [-0.2, -0.15) is 10.5 Å². The van der Waals surface area contributed by atoms with Gasteiger partial charge < -0.3 is 23.5 Å². The van der Waals surface area contributed by atoms with Gasteiger partial charge in [0.1, 0.15) is 0 Å². The molecule has 30 rings (SSSR count). The Morgan fingerprint density at radius 1 is 0.168 bits per heavy atom. The van der Waals surface area contributed by atoms with Crippen LogP contribution in [0.15, 0.2) is 504 Å². The van der Waals surface area contributed by atoms with Crippen LogP contribution in [0.2, 0.25) is 0 Å². The monoisotopic (exact) mass is 1900 g/mol. The molecule has 2 aliphatic carbocycles. The largest absolute Gasteiger partial charge is 0.310 e. The number of benzene rings is 21. The van der Waals surface area contributed by atoms with E-state index >= 15 is 0 Å². The van der Waals surface area contributed by atoms with E-state index in [1.807, 2.05) is 146 Å². The standard InChI is InChI=1S/C71H43N7.C65H40N6/c72-44-47-41-48(35-38-51(47)70-74-68(45-19-3-1-4-20-45)73-69(75-70)46-21-5-2-6-22-46)78-66-33-17-11-27-60(66)71(61-28-12-18-34-67(61)78)58-39-36-49(76-62-29-13-7-23-52(62)53-24-8-14-30-63(53)76)42-56(58)57-43-50(37-40-59(57)71)77-64-31-15-9-25-54(64)55-26-10-16-32-65(55)77;66-41-46-38-48(34-35-49(46)64-68-62(42-18-4-1-5-19-42)67-63(69-64)43-20-6-2-7-21-43)71-60-30-16-13-27-56(60)65(57-28-14-17-31-61(57)71)54-26-12-10-24-50(54)52-39-44(32-36-55(52)65)45-33-37-59-53(40-45)51-25-11-15-29-58(51)70(59)47-22-8-3-9-23-47/h1-43H;1-40H. The van der Waals surface area contributed by atoms with E-state index < -0.39 is 10.8 Å². The van der Waals surface area contributed by atoms with Crippen molar-refractivity contribution in [1.29, 1.82) is 10.5 Å². The van der Waals surface area contributed by atoms with Crippen molar-refractivity contribution < 1.29 is 0 Å². The van der Waals surface area contributed by atoms with Crippen LogP contribution in [-0.4, -0.2) is 43.6 Å². The molecule has 2 spiro atoms. The van der Waals surface area contributed by atoms with Crippen LogP contribution in [0.3, 0.4) is 0 Å². The maximum Gasteiger partial charge on any atom is 0.165 e. The summed E-state index contributed by atoms with van der Waals surface area (Å²) in [7, 11) is 0. The summed E-state index contributed by atoms with van der Waals surface area (Å²) >= 11 is 0. The zero-order chi connectivity index (χ0) is 98.5. The lowest BCUT2D eigenvalue weighted by atomic mass is 9.64. The SMILES string of the molecule is N#Cc1cc(N2c3ccccc3C3(c4ccc(-n5c6ccccc6c6ccccc65)cc4-c4cc(-n5c6ccccc6c6ccccc65)ccc43)c3ccccc32)ccc1-c1nc(-c2ccccc2)nc(-c2ccccc2)n1.N#Cc1cc(N2c3ccccc3C3(c4ccccc4-c4cc(-c5ccc6c(c5)c5ccccc5n6-c5ccccc5)ccc43)c3ccccc32)ccc1-c1nc(-c2ccccc2)nc(-c2ccccc2)n1. The Hall–Kier alpha value is -20.4. The van der Waals surface area contributed by atoms with Crippen LogP contribution in [0.4, 0.5) is 34.1 Å². The summed E-state index contributed by atoms with van der Waals surface area (Å²) in [6.45, 7) is 0. The van der Waals surface area contributed by atoms with Gasteiger partial charge in [0.15, 0.2) is 34.9 Å². The number of fused-ring (bicyclic) bond motifs is 27. The molecule has 26 aromatic rings. The molecule has 13 nitrogen and oxygen atoms in total. The van der Waals surface area contributed by atoms with E-state index in [0.29, 0.717) is 57.2 Å². The Bertz CT molecular complexity index is 9630. The van der Waals surface area contributed by atoms with Crippen molar-refractivity contribution >= 4 is 99.5 Å². The molecule has 21 aromatic carbocycles. The van der Waals surface area contributed by atoms with E-state index in [2.05, 4.69) is 394 Å². The van der Waals surface area contributed by atoms with Crippen molar-refractivity contribution in [3.05, 3.63) is 559 Å². The van der Waals surface area contributed by atoms with Crippen molar-refractivity contribution in [1.82, 2.24) is 43.6 Å². The summed E-state index contributed by atoms with van der Waals surface area (Å²) in [5, 5.41) is 29.4. The van der Waals surface area contributed by atoms with Crippen LogP contribution >= 0.6 is 0 Å². The first-order valence-corrected chi connectivity index (χ1v) is 50.2. The second-order valence-electron chi connectivity index (χ2n) is 38.4. The van der Waals surface area contributed by atoms with Gasteiger partial charge in [-0.25, -0.2) is 29.9 Å². The van der Waals surface area contributed by atoms with Crippen molar-refractivity contribution in [3.8, 4) is 131 Å².